The summed E-state index contributed by atoms with van der Waals surface area (Å²) < 4.78 is 5.56. The SMILES string of the molecule is CCC1(CC)CN(c2cc(C)c(Cl)cc2OC)CCCN1. The van der Waals surface area contributed by atoms with E-state index < -0.39 is 0 Å². The third-order valence-electron chi connectivity index (χ3n) is 4.75. The van der Waals surface area contributed by atoms with Crippen molar-refractivity contribution in [3.8, 4) is 5.75 Å². The molecule has 4 heteroatoms. The number of methoxy groups -OCH3 is 1. The molecule has 2 rings (SSSR count). The second-order valence-electron chi connectivity index (χ2n) is 5.96. The molecule has 0 radical (unpaired) electrons. The highest BCUT2D eigenvalue weighted by molar-refractivity contribution is 6.31. The Balaban J connectivity index is 2.37. The van der Waals surface area contributed by atoms with Crippen LogP contribution in [0.3, 0.4) is 0 Å². The lowest BCUT2D eigenvalue weighted by Crippen LogP contribution is -2.50. The van der Waals surface area contributed by atoms with Gasteiger partial charge in [0, 0.05) is 29.7 Å². The maximum Gasteiger partial charge on any atom is 0.143 e. The van der Waals surface area contributed by atoms with Gasteiger partial charge >= 0.3 is 0 Å². The molecule has 118 valence electrons. The smallest absolute Gasteiger partial charge is 0.143 e. The van der Waals surface area contributed by atoms with Crippen molar-refractivity contribution in [2.24, 2.45) is 0 Å². The first-order chi connectivity index (χ1) is 10.0. The third-order valence-corrected chi connectivity index (χ3v) is 5.16. The summed E-state index contributed by atoms with van der Waals surface area (Å²) in [5, 5.41) is 4.51. The number of halogens is 1. The molecular formula is C17H27ClN2O. The van der Waals surface area contributed by atoms with Gasteiger partial charge in [-0.15, -0.1) is 0 Å². The van der Waals surface area contributed by atoms with Gasteiger partial charge in [-0.2, -0.15) is 0 Å². The van der Waals surface area contributed by atoms with Crippen LogP contribution in [0.4, 0.5) is 5.69 Å². The quantitative estimate of drug-likeness (QED) is 0.909. The third kappa shape index (κ3) is 3.46. The molecule has 0 aromatic heterocycles. The Labute approximate surface area is 133 Å². The largest absolute Gasteiger partial charge is 0.495 e. The molecule has 0 unspecified atom stereocenters. The number of aryl methyl sites for hydroxylation is 1. The summed E-state index contributed by atoms with van der Waals surface area (Å²) in [6.07, 6.45) is 3.41. The van der Waals surface area contributed by atoms with Crippen molar-refractivity contribution < 1.29 is 4.74 Å². The predicted octanol–water partition coefficient (Wildman–Crippen LogP) is 4.02. The Morgan fingerprint density at radius 1 is 1.33 bits per heavy atom. The minimum Gasteiger partial charge on any atom is -0.495 e. The standard InChI is InChI=1S/C17H27ClN2O/c1-5-17(6-2)12-20(9-7-8-19-17)15-10-13(3)14(18)11-16(15)21-4/h10-11,19H,5-9,12H2,1-4H3. The van der Waals surface area contributed by atoms with Gasteiger partial charge in [-0.25, -0.2) is 0 Å². The average molecular weight is 311 g/mol. The summed E-state index contributed by atoms with van der Waals surface area (Å²) in [4.78, 5) is 2.45. The van der Waals surface area contributed by atoms with E-state index in [9.17, 15) is 0 Å². The van der Waals surface area contributed by atoms with Crippen molar-refractivity contribution >= 4 is 17.3 Å². The number of nitrogens with zero attached hydrogens (tertiary/aromatic N) is 1. The molecule has 0 bridgehead atoms. The zero-order valence-corrected chi connectivity index (χ0v) is 14.4. The van der Waals surface area contributed by atoms with Crippen molar-refractivity contribution in [3.63, 3.8) is 0 Å². The van der Waals surface area contributed by atoms with Crippen LogP contribution in [0.25, 0.3) is 0 Å². The summed E-state index contributed by atoms with van der Waals surface area (Å²) in [5.74, 6) is 0.869. The van der Waals surface area contributed by atoms with Crippen LogP contribution in [0.2, 0.25) is 5.02 Å². The van der Waals surface area contributed by atoms with Crippen LogP contribution >= 0.6 is 11.6 Å². The van der Waals surface area contributed by atoms with Gasteiger partial charge in [0.25, 0.3) is 0 Å². The topological polar surface area (TPSA) is 24.5 Å². The molecule has 0 aliphatic carbocycles. The molecule has 1 aromatic rings. The maximum absolute atomic E-state index is 6.24. The molecule has 0 amide bonds. The van der Waals surface area contributed by atoms with E-state index in [1.165, 1.54) is 0 Å². The highest BCUT2D eigenvalue weighted by Gasteiger charge is 2.31. The Hall–Kier alpha value is -0.930. The van der Waals surface area contributed by atoms with Crippen molar-refractivity contribution in [1.29, 1.82) is 0 Å². The zero-order chi connectivity index (χ0) is 15.5. The molecule has 1 aliphatic rings. The fourth-order valence-corrected chi connectivity index (χ4v) is 3.27. The number of benzene rings is 1. The summed E-state index contributed by atoms with van der Waals surface area (Å²) in [6.45, 7) is 9.72. The van der Waals surface area contributed by atoms with Crippen LogP contribution < -0.4 is 15.0 Å². The summed E-state index contributed by atoms with van der Waals surface area (Å²) in [7, 11) is 1.72. The molecule has 1 aliphatic heterocycles. The van der Waals surface area contributed by atoms with E-state index in [2.05, 4.69) is 30.1 Å². The normalized spacial score (nSPS) is 18.4. The lowest BCUT2D eigenvalue weighted by molar-refractivity contribution is 0.321. The second kappa shape index (κ2) is 6.89. The lowest BCUT2D eigenvalue weighted by atomic mass is 9.92. The average Bonchev–Trinajstić information content (AvgIpc) is 2.72. The van der Waals surface area contributed by atoms with E-state index in [-0.39, 0.29) is 5.54 Å². The van der Waals surface area contributed by atoms with E-state index >= 15 is 0 Å². The summed E-state index contributed by atoms with van der Waals surface area (Å²) >= 11 is 6.24. The van der Waals surface area contributed by atoms with Crippen molar-refractivity contribution in [2.45, 2.75) is 45.6 Å². The Morgan fingerprint density at radius 2 is 2.05 bits per heavy atom. The number of hydrogen-bond donors (Lipinski definition) is 1. The van der Waals surface area contributed by atoms with Crippen LogP contribution in [-0.2, 0) is 0 Å². The van der Waals surface area contributed by atoms with Crippen molar-refractivity contribution in [3.05, 3.63) is 22.7 Å². The molecule has 0 spiro atoms. The molecule has 1 aromatic carbocycles. The van der Waals surface area contributed by atoms with Crippen LogP contribution in [0.15, 0.2) is 12.1 Å². The Bertz CT molecular complexity index is 486. The van der Waals surface area contributed by atoms with Crippen LogP contribution in [0, 0.1) is 6.92 Å². The molecule has 0 saturated carbocycles. The fraction of sp³-hybridized carbons (Fsp3) is 0.647. The van der Waals surface area contributed by atoms with Gasteiger partial charge in [-0.05, 0) is 44.4 Å². The van der Waals surface area contributed by atoms with E-state index in [0.29, 0.717) is 0 Å². The first kappa shape index (κ1) is 16.4. The maximum atomic E-state index is 6.24. The molecule has 1 fully saturated rings. The number of hydrogen-bond acceptors (Lipinski definition) is 3. The molecule has 1 saturated heterocycles. The number of ether oxygens (including phenoxy) is 1. The van der Waals surface area contributed by atoms with Gasteiger partial charge in [0.2, 0.25) is 0 Å². The van der Waals surface area contributed by atoms with E-state index in [1.54, 1.807) is 7.11 Å². The molecular weight excluding hydrogens is 284 g/mol. The Kier molecular flexibility index (Phi) is 5.39. The van der Waals surface area contributed by atoms with Crippen molar-refractivity contribution in [2.75, 3.05) is 31.6 Å². The van der Waals surface area contributed by atoms with Gasteiger partial charge in [0.1, 0.15) is 5.75 Å². The van der Waals surface area contributed by atoms with E-state index in [1.807, 2.05) is 13.0 Å². The second-order valence-corrected chi connectivity index (χ2v) is 6.37. The number of nitrogens with one attached hydrogen (secondary N) is 1. The first-order valence-corrected chi connectivity index (χ1v) is 8.27. The Morgan fingerprint density at radius 3 is 2.67 bits per heavy atom. The van der Waals surface area contributed by atoms with Crippen molar-refractivity contribution in [1.82, 2.24) is 5.32 Å². The van der Waals surface area contributed by atoms with Gasteiger partial charge in [0.05, 0.1) is 12.8 Å². The van der Waals surface area contributed by atoms with Crippen LogP contribution in [0.1, 0.15) is 38.7 Å². The number of rotatable bonds is 4. The molecule has 3 nitrogen and oxygen atoms in total. The minimum absolute atomic E-state index is 0.190. The summed E-state index contributed by atoms with van der Waals surface area (Å²) in [6, 6.07) is 4.09. The molecule has 1 N–H and O–H groups in total. The molecule has 21 heavy (non-hydrogen) atoms. The fourth-order valence-electron chi connectivity index (χ4n) is 3.11. The molecule has 0 atom stereocenters. The lowest BCUT2D eigenvalue weighted by Gasteiger charge is -2.37. The van der Waals surface area contributed by atoms with Gasteiger partial charge in [0.15, 0.2) is 0 Å². The number of anilines is 1. The predicted molar refractivity (Wildman–Crippen MR) is 90.9 cm³/mol. The van der Waals surface area contributed by atoms with Gasteiger partial charge in [-0.1, -0.05) is 25.4 Å². The molecule has 1 heterocycles. The highest BCUT2D eigenvalue weighted by atomic mass is 35.5. The highest BCUT2D eigenvalue weighted by Crippen LogP contribution is 2.35. The minimum atomic E-state index is 0.190. The van der Waals surface area contributed by atoms with Crippen LogP contribution in [0.5, 0.6) is 5.75 Å². The van der Waals surface area contributed by atoms with Crippen LogP contribution in [-0.4, -0.2) is 32.3 Å². The van der Waals surface area contributed by atoms with E-state index in [0.717, 1.165) is 60.9 Å². The van der Waals surface area contributed by atoms with Gasteiger partial charge < -0.3 is 15.0 Å². The monoisotopic (exact) mass is 310 g/mol. The van der Waals surface area contributed by atoms with Gasteiger partial charge in [-0.3, -0.25) is 0 Å². The van der Waals surface area contributed by atoms with E-state index in [4.69, 9.17) is 16.3 Å². The summed E-state index contributed by atoms with van der Waals surface area (Å²) in [5.41, 5.74) is 2.45. The zero-order valence-electron chi connectivity index (χ0n) is 13.6. The first-order valence-electron chi connectivity index (χ1n) is 7.89.